The fraction of sp³-hybridized carbons (Fsp3) is 0.200. The molecule has 0 saturated heterocycles. The van der Waals surface area contributed by atoms with Crippen LogP contribution in [0.5, 0.6) is 0 Å². The predicted molar refractivity (Wildman–Crippen MR) is 96.7 cm³/mol. The van der Waals surface area contributed by atoms with E-state index >= 15 is 0 Å². The fourth-order valence-electron chi connectivity index (χ4n) is 2.95. The molecule has 0 aliphatic heterocycles. The summed E-state index contributed by atoms with van der Waals surface area (Å²) in [5.74, 6) is -0.258. The molecule has 0 heterocycles. The van der Waals surface area contributed by atoms with Gasteiger partial charge in [0.1, 0.15) is 5.82 Å². The van der Waals surface area contributed by atoms with Gasteiger partial charge in [-0.05, 0) is 64.6 Å². The largest absolute Gasteiger partial charge is 0.224 e. The Kier molecular flexibility index (Phi) is 4.41. The van der Waals surface area contributed by atoms with Crippen molar-refractivity contribution < 1.29 is 12.8 Å². The minimum atomic E-state index is -3.23. The van der Waals surface area contributed by atoms with E-state index in [0.29, 0.717) is 4.90 Å². The summed E-state index contributed by atoms with van der Waals surface area (Å²) in [6.45, 7) is 2.11. The van der Waals surface area contributed by atoms with Gasteiger partial charge in [-0.3, -0.25) is 0 Å². The number of rotatable bonds is 4. The second-order valence-corrected chi connectivity index (χ2v) is 8.07. The van der Waals surface area contributed by atoms with E-state index in [-0.39, 0.29) is 5.82 Å². The van der Waals surface area contributed by atoms with E-state index < -0.39 is 9.84 Å². The highest BCUT2D eigenvalue weighted by molar-refractivity contribution is 7.90. The molecule has 0 unspecified atom stereocenters. The summed E-state index contributed by atoms with van der Waals surface area (Å²) in [5, 5.41) is 0. The van der Waals surface area contributed by atoms with Crippen molar-refractivity contribution in [1.29, 1.82) is 0 Å². The normalized spacial score (nSPS) is 15.5. The second-order valence-electron chi connectivity index (χ2n) is 6.05. The van der Waals surface area contributed by atoms with E-state index in [4.69, 9.17) is 0 Å². The zero-order chi connectivity index (χ0) is 17.3. The smallest absolute Gasteiger partial charge is 0.175 e. The molecule has 0 saturated carbocycles. The average Bonchev–Trinajstić information content (AvgIpc) is 2.86. The monoisotopic (exact) mass is 342 g/mol. The van der Waals surface area contributed by atoms with Crippen molar-refractivity contribution in [2.75, 3.05) is 6.26 Å². The van der Waals surface area contributed by atoms with Crippen molar-refractivity contribution in [3.8, 4) is 0 Å². The number of benzene rings is 2. The molecule has 124 valence electrons. The standard InChI is InChI=1S/C20H19FO2S/c1-3-4-15-12-16-13-18(24(2,22)23)9-10-19(16)20(15)11-14-5-7-17(21)8-6-14/h5-13H,3-4H2,1-2H3/b20-11+. The molecule has 0 radical (unpaired) electrons. The van der Waals surface area contributed by atoms with Gasteiger partial charge in [-0.25, -0.2) is 12.8 Å². The van der Waals surface area contributed by atoms with Gasteiger partial charge in [0.2, 0.25) is 0 Å². The van der Waals surface area contributed by atoms with Gasteiger partial charge < -0.3 is 0 Å². The molecule has 1 aliphatic rings. The molecule has 2 aromatic carbocycles. The van der Waals surface area contributed by atoms with E-state index in [1.165, 1.54) is 24.0 Å². The number of halogens is 1. The van der Waals surface area contributed by atoms with Gasteiger partial charge in [0.25, 0.3) is 0 Å². The van der Waals surface area contributed by atoms with Crippen LogP contribution >= 0.6 is 0 Å². The molecule has 24 heavy (non-hydrogen) atoms. The van der Waals surface area contributed by atoms with Gasteiger partial charge in [0.05, 0.1) is 4.90 Å². The van der Waals surface area contributed by atoms with Crippen LogP contribution in [0.3, 0.4) is 0 Å². The quantitative estimate of drug-likeness (QED) is 0.786. The summed E-state index contributed by atoms with van der Waals surface area (Å²) >= 11 is 0. The van der Waals surface area contributed by atoms with Gasteiger partial charge in [0.15, 0.2) is 9.84 Å². The topological polar surface area (TPSA) is 34.1 Å². The van der Waals surface area contributed by atoms with Crippen LogP contribution in [0, 0.1) is 5.82 Å². The van der Waals surface area contributed by atoms with Crippen molar-refractivity contribution in [3.63, 3.8) is 0 Å². The van der Waals surface area contributed by atoms with Crippen molar-refractivity contribution >= 4 is 27.6 Å². The number of allylic oxidation sites excluding steroid dienone is 2. The van der Waals surface area contributed by atoms with Crippen LogP contribution in [0.2, 0.25) is 0 Å². The first-order valence-corrected chi connectivity index (χ1v) is 9.80. The van der Waals surface area contributed by atoms with Crippen LogP contribution in [-0.4, -0.2) is 14.7 Å². The third-order valence-electron chi connectivity index (χ3n) is 4.12. The second kappa shape index (κ2) is 6.36. The van der Waals surface area contributed by atoms with Crippen LogP contribution in [0.1, 0.15) is 36.5 Å². The lowest BCUT2D eigenvalue weighted by atomic mass is 9.97. The van der Waals surface area contributed by atoms with Crippen molar-refractivity contribution in [2.24, 2.45) is 0 Å². The van der Waals surface area contributed by atoms with E-state index in [1.54, 1.807) is 24.3 Å². The summed E-state index contributed by atoms with van der Waals surface area (Å²) in [6.07, 6.45) is 7.22. The minimum Gasteiger partial charge on any atom is -0.224 e. The highest BCUT2D eigenvalue weighted by Gasteiger charge is 2.20. The number of hydrogen-bond donors (Lipinski definition) is 0. The lowest BCUT2D eigenvalue weighted by Crippen LogP contribution is -1.97. The lowest BCUT2D eigenvalue weighted by molar-refractivity contribution is 0.602. The highest BCUT2D eigenvalue weighted by Crippen LogP contribution is 2.39. The minimum absolute atomic E-state index is 0.258. The molecule has 3 rings (SSSR count). The first-order valence-electron chi connectivity index (χ1n) is 7.91. The lowest BCUT2D eigenvalue weighted by Gasteiger charge is -2.08. The molecule has 1 aliphatic carbocycles. The van der Waals surface area contributed by atoms with E-state index in [9.17, 15) is 12.8 Å². The Hall–Kier alpha value is -2.20. The van der Waals surface area contributed by atoms with Crippen molar-refractivity contribution in [2.45, 2.75) is 24.7 Å². The van der Waals surface area contributed by atoms with Crippen LogP contribution in [0.15, 0.2) is 52.9 Å². The van der Waals surface area contributed by atoms with Gasteiger partial charge in [-0.2, -0.15) is 0 Å². The van der Waals surface area contributed by atoms with Crippen LogP contribution < -0.4 is 0 Å². The zero-order valence-electron chi connectivity index (χ0n) is 13.7. The van der Waals surface area contributed by atoms with Gasteiger partial charge >= 0.3 is 0 Å². The summed E-state index contributed by atoms with van der Waals surface area (Å²) in [4.78, 5) is 0.330. The van der Waals surface area contributed by atoms with Crippen LogP contribution in [-0.2, 0) is 9.84 Å². The SMILES string of the molecule is CCCC1=Cc2cc(S(C)(=O)=O)ccc2/C1=C/c1ccc(F)cc1. The molecule has 0 amide bonds. The molecule has 4 heteroatoms. The summed E-state index contributed by atoms with van der Waals surface area (Å²) in [5.41, 5.74) is 5.14. The molecule has 0 spiro atoms. The molecule has 0 atom stereocenters. The first-order chi connectivity index (χ1) is 11.4. The molecule has 2 aromatic rings. The first kappa shape index (κ1) is 16.7. The molecule has 0 aromatic heterocycles. The fourth-order valence-corrected chi connectivity index (χ4v) is 3.60. The predicted octanol–water partition coefficient (Wildman–Crippen LogP) is 4.97. The Morgan fingerprint density at radius 3 is 2.42 bits per heavy atom. The Morgan fingerprint density at radius 2 is 1.79 bits per heavy atom. The third-order valence-corrected chi connectivity index (χ3v) is 5.23. The summed E-state index contributed by atoms with van der Waals surface area (Å²) in [7, 11) is -3.23. The van der Waals surface area contributed by atoms with Crippen molar-refractivity contribution in [3.05, 3.63) is 70.5 Å². The molecular weight excluding hydrogens is 323 g/mol. The van der Waals surface area contributed by atoms with E-state index in [1.807, 2.05) is 12.1 Å². The summed E-state index contributed by atoms with van der Waals surface area (Å²) < 4.78 is 36.7. The zero-order valence-corrected chi connectivity index (χ0v) is 14.5. The molecule has 0 N–H and O–H groups in total. The average molecular weight is 342 g/mol. The number of sulfone groups is 1. The van der Waals surface area contributed by atoms with Crippen LogP contribution in [0.25, 0.3) is 17.7 Å². The number of hydrogen-bond acceptors (Lipinski definition) is 2. The summed E-state index contributed by atoms with van der Waals surface area (Å²) in [6, 6.07) is 11.6. The maximum absolute atomic E-state index is 13.1. The maximum Gasteiger partial charge on any atom is 0.175 e. The molecule has 0 bridgehead atoms. The molecule has 0 fully saturated rings. The molecular formula is C20H19FO2S. The Morgan fingerprint density at radius 1 is 1.08 bits per heavy atom. The highest BCUT2D eigenvalue weighted by atomic mass is 32.2. The van der Waals surface area contributed by atoms with E-state index in [0.717, 1.165) is 35.1 Å². The number of fused-ring (bicyclic) bond motifs is 1. The van der Waals surface area contributed by atoms with E-state index in [2.05, 4.69) is 13.0 Å². The van der Waals surface area contributed by atoms with Gasteiger partial charge in [-0.15, -0.1) is 0 Å². The Balaban J connectivity index is 2.10. The maximum atomic E-state index is 13.1. The van der Waals surface area contributed by atoms with Gasteiger partial charge in [0, 0.05) is 6.26 Å². The van der Waals surface area contributed by atoms with Gasteiger partial charge in [-0.1, -0.05) is 37.6 Å². The molecule has 2 nitrogen and oxygen atoms in total. The van der Waals surface area contributed by atoms with Crippen molar-refractivity contribution in [1.82, 2.24) is 0 Å². The third kappa shape index (κ3) is 3.34. The van der Waals surface area contributed by atoms with Crippen LogP contribution in [0.4, 0.5) is 4.39 Å². The Labute approximate surface area is 142 Å². The Bertz CT molecular complexity index is 936.